The van der Waals surface area contributed by atoms with Gasteiger partial charge in [-0.2, -0.15) is 0 Å². The summed E-state index contributed by atoms with van der Waals surface area (Å²) in [6.45, 7) is -0.00841. The molecule has 1 aromatic rings. The monoisotopic (exact) mass is 264 g/mol. The van der Waals surface area contributed by atoms with E-state index in [0.717, 1.165) is 6.07 Å². The minimum atomic E-state index is -0.633. The molecule has 2 N–H and O–H groups in total. The molecule has 0 radical (unpaired) electrons. The van der Waals surface area contributed by atoms with Gasteiger partial charge in [-0.05, 0) is 18.2 Å². The molecular formula is C10H10Cl2O4. The van der Waals surface area contributed by atoms with E-state index in [4.69, 9.17) is 38.2 Å². The molecule has 88 valence electrons. The van der Waals surface area contributed by atoms with Gasteiger partial charge in [0.15, 0.2) is 11.5 Å². The predicted octanol–water partition coefficient (Wildman–Crippen LogP) is 2.10. The number of carbonyl (C=O) groups excluding carboxylic acids is 1. The first-order valence-corrected chi connectivity index (χ1v) is 5.41. The number of phenolic OH excluding ortho intramolecular Hbond substituents is 2. The highest BCUT2D eigenvalue weighted by atomic mass is 35.5. The van der Waals surface area contributed by atoms with E-state index in [0.29, 0.717) is 0 Å². The zero-order valence-electron chi connectivity index (χ0n) is 8.19. The molecule has 0 heterocycles. The summed E-state index contributed by atoms with van der Waals surface area (Å²) in [7, 11) is 0. The lowest BCUT2D eigenvalue weighted by Gasteiger charge is -2.07. The number of ether oxygens (including phenoxy) is 1. The molecule has 1 atom stereocenters. The molecule has 0 saturated heterocycles. The molecule has 0 aliphatic heterocycles. The van der Waals surface area contributed by atoms with Gasteiger partial charge in [0.1, 0.15) is 6.61 Å². The van der Waals surface area contributed by atoms with Gasteiger partial charge in [0.05, 0.1) is 10.9 Å². The Morgan fingerprint density at radius 1 is 1.38 bits per heavy atom. The van der Waals surface area contributed by atoms with Gasteiger partial charge in [0.25, 0.3) is 0 Å². The van der Waals surface area contributed by atoms with Crippen LogP contribution in [0.1, 0.15) is 10.4 Å². The van der Waals surface area contributed by atoms with Crippen molar-refractivity contribution in [1.82, 2.24) is 0 Å². The van der Waals surface area contributed by atoms with Crippen molar-refractivity contribution in [3.8, 4) is 11.5 Å². The Morgan fingerprint density at radius 3 is 2.62 bits per heavy atom. The molecule has 0 bridgehead atoms. The van der Waals surface area contributed by atoms with E-state index in [1.165, 1.54) is 12.1 Å². The van der Waals surface area contributed by atoms with Crippen LogP contribution in [0.15, 0.2) is 18.2 Å². The standard InChI is InChI=1S/C10H10Cl2O4/c11-4-7(12)5-16-10(15)6-1-2-8(13)9(14)3-6/h1-3,7,13-14H,4-5H2/t7-/m0/s1. The van der Waals surface area contributed by atoms with Gasteiger partial charge >= 0.3 is 5.97 Å². The second-order valence-corrected chi connectivity index (χ2v) is 3.98. The highest BCUT2D eigenvalue weighted by molar-refractivity contribution is 6.28. The molecule has 0 unspecified atom stereocenters. The van der Waals surface area contributed by atoms with Crippen LogP contribution >= 0.6 is 23.2 Å². The van der Waals surface area contributed by atoms with Crippen LogP contribution in [0.5, 0.6) is 11.5 Å². The number of rotatable bonds is 4. The normalized spacial score (nSPS) is 12.1. The van der Waals surface area contributed by atoms with Crippen LogP contribution in [0.2, 0.25) is 0 Å². The molecule has 0 fully saturated rings. The van der Waals surface area contributed by atoms with Crippen LogP contribution in [0.25, 0.3) is 0 Å². The second kappa shape index (κ2) is 5.82. The Morgan fingerprint density at radius 2 is 2.06 bits per heavy atom. The van der Waals surface area contributed by atoms with Crippen LogP contribution in [0.3, 0.4) is 0 Å². The average molecular weight is 265 g/mol. The van der Waals surface area contributed by atoms with Gasteiger partial charge < -0.3 is 14.9 Å². The SMILES string of the molecule is O=C(OC[C@@H](Cl)CCl)c1ccc(O)c(O)c1. The summed E-state index contributed by atoms with van der Waals surface area (Å²) in [5.74, 6) is -1.14. The van der Waals surface area contributed by atoms with Gasteiger partial charge in [-0.25, -0.2) is 4.79 Å². The summed E-state index contributed by atoms with van der Waals surface area (Å²) in [5.41, 5.74) is 0.133. The zero-order valence-corrected chi connectivity index (χ0v) is 9.70. The van der Waals surface area contributed by atoms with Gasteiger partial charge in [-0.15, -0.1) is 23.2 Å². The van der Waals surface area contributed by atoms with Gasteiger partial charge in [0.2, 0.25) is 0 Å². The smallest absolute Gasteiger partial charge is 0.338 e. The summed E-state index contributed by atoms with van der Waals surface area (Å²) in [6, 6.07) is 3.65. The van der Waals surface area contributed by atoms with Crippen molar-refractivity contribution in [3.63, 3.8) is 0 Å². The molecule has 16 heavy (non-hydrogen) atoms. The highest BCUT2D eigenvalue weighted by Crippen LogP contribution is 2.25. The lowest BCUT2D eigenvalue weighted by Crippen LogP contribution is -2.15. The summed E-state index contributed by atoms with van der Waals surface area (Å²) in [5, 5.41) is 17.8. The lowest BCUT2D eigenvalue weighted by molar-refractivity contribution is 0.0508. The quantitative estimate of drug-likeness (QED) is 0.497. The van der Waals surface area contributed by atoms with E-state index in [1.54, 1.807) is 0 Å². The number of aromatic hydroxyl groups is 2. The number of esters is 1. The Bertz CT molecular complexity index is 381. The van der Waals surface area contributed by atoms with Crippen molar-refractivity contribution in [3.05, 3.63) is 23.8 Å². The van der Waals surface area contributed by atoms with E-state index in [2.05, 4.69) is 0 Å². The van der Waals surface area contributed by atoms with Crippen molar-refractivity contribution in [1.29, 1.82) is 0 Å². The summed E-state index contributed by atoms with van der Waals surface area (Å²) in [4.78, 5) is 11.4. The first-order valence-electron chi connectivity index (χ1n) is 4.43. The van der Waals surface area contributed by atoms with E-state index in [9.17, 15) is 4.79 Å². The third-order valence-corrected chi connectivity index (χ3v) is 2.58. The Balaban J connectivity index is 2.63. The highest BCUT2D eigenvalue weighted by Gasteiger charge is 2.12. The van der Waals surface area contributed by atoms with Gasteiger partial charge in [-0.1, -0.05) is 0 Å². The zero-order chi connectivity index (χ0) is 12.1. The number of phenols is 2. The molecular weight excluding hydrogens is 255 g/mol. The maximum atomic E-state index is 11.4. The van der Waals surface area contributed by atoms with Crippen LogP contribution < -0.4 is 0 Å². The van der Waals surface area contributed by atoms with Crippen LogP contribution in [0.4, 0.5) is 0 Å². The van der Waals surface area contributed by atoms with Crippen LogP contribution in [0, 0.1) is 0 Å². The van der Waals surface area contributed by atoms with E-state index < -0.39 is 11.3 Å². The molecule has 1 rings (SSSR count). The first kappa shape index (κ1) is 12.9. The van der Waals surface area contributed by atoms with Crippen LogP contribution in [-0.2, 0) is 4.74 Å². The molecule has 0 spiro atoms. The van der Waals surface area contributed by atoms with Gasteiger partial charge in [-0.3, -0.25) is 0 Å². The maximum absolute atomic E-state index is 11.4. The molecule has 0 aliphatic carbocycles. The third-order valence-electron chi connectivity index (χ3n) is 1.77. The van der Waals surface area contributed by atoms with Crippen molar-refractivity contribution < 1.29 is 19.7 Å². The minimum absolute atomic E-state index is 0.00841. The van der Waals surface area contributed by atoms with Crippen molar-refractivity contribution in [2.45, 2.75) is 5.38 Å². The number of hydrogen-bond acceptors (Lipinski definition) is 4. The second-order valence-electron chi connectivity index (χ2n) is 3.05. The summed E-state index contributed by atoms with van der Waals surface area (Å²) in [6.07, 6.45) is 0. The summed E-state index contributed by atoms with van der Waals surface area (Å²) < 4.78 is 4.83. The molecule has 0 saturated carbocycles. The number of hydrogen-bond donors (Lipinski definition) is 2. The van der Waals surface area contributed by atoms with Crippen LogP contribution in [-0.4, -0.2) is 34.0 Å². The van der Waals surface area contributed by atoms with Crippen molar-refractivity contribution in [2.75, 3.05) is 12.5 Å². The number of halogens is 2. The van der Waals surface area contributed by atoms with Gasteiger partial charge in [0, 0.05) is 5.88 Å². The topological polar surface area (TPSA) is 66.8 Å². The number of carbonyl (C=O) groups is 1. The van der Waals surface area contributed by atoms with E-state index in [-0.39, 0.29) is 29.5 Å². The fourth-order valence-electron chi connectivity index (χ4n) is 0.944. The van der Waals surface area contributed by atoms with Crippen molar-refractivity contribution in [2.24, 2.45) is 0 Å². The Hall–Kier alpha value is -1.13. The largest absolute Gasteiger partial charge is 0.504 e. The summed E-state index contributed by atoms with van der Waals surface area (Å²) >= 11 is 11.1. The molecule has 0 aliphatic rings. The first-order chi connectivity index (χ1) is 7.54. The fourth-order valence-corrected chi connectivity index (χ4v) is 1.10. The fraction of sp³-hybridized carbons (Fsp3) is 0.300. The maximum Gasteiger partial charge on any atom is 0.338 e. The average Bonchev–Trinajstić information content (AvgIpc) is 2.29. The number of alkyl halides is 2. The molecule has 0 amide bonds. The Kier molecular flexibility index (Phi) is 4.71. The van der Waals surface area contributed by atoms with E-state index >= 15 is 0 Å². The Labute approximate surface area is 102 Å². The minimum Gasteiger partial charge on any atom is -0.504 e. The molecule has 0 aromatic heterocycles. The molecule has 1 aromatic carbocycles. The third kappa shape index (κ3) is 3.47. The van der Waals surface area contributed by atoms with E-state index in [1.807, 2.05) is 0 Å². The van der Waals surface area contributed by atoms with Crippen molar-refractivity contribution >= 4 is 29.2 Å². The molecule has 6 heteroatoms. The number of benzene rings is 1. The molecule has 4 nitrogen and oxygen atoms in total. The lowest BCUT2D eigenvalue weighted by atomic mass is 10.2. The predicted molar refractivity (Wildman–Crippen MR) is 60.4 cm³/mol.